The van der Waals surface area contributed by atoms with Gasteiger partial charge in [0.25, 0.3) is 5.91 Å². The lowest BCUT2D eigenvalue weighted by Gasteiger charge is -2.29. The Morgan fingerprint density at radius 2 is 1.77 bits per heavy atom. The molecule has 6 heteroatoms. The Hall–Kier alpha value is -2.73. The van der Waals surface area contributed by atoms with Gasteiger partial charge in [-0.2, -0.15) is 0 Å². The molecule has 1 saturated heterocycles. The van der Waals surface area contributed by atoms with Crippen LogP contribution in [0.15, 0.2) is 36.4 Å². The Labute approximate surface area is 153 Å². The van der Waals surface area contributed by atoms with Crippen LogP contribution in [-0.4, -0.2) is 46.4 Å². The number of nitrogens with one attached hydrogen (secondary N) is 1. The molecule has 2 aromatic rings. The molecule has 0 aliphatic carbocycles. The molecule has 0 atom stereocenters. The van der Waals surface area contributed by atoms with Crippen molar-refractivity contribution >= 4 is 17.3 Å². The van der Waals surface area contributed by atoms with Crippen LogP contribution in [0.25, 0.3) is 0 Å². The lowest BCUT2D eigenvalue weighted by molar-refractivity contribution is 0.102. The van der Waals surface area contributed by atoms with Gasteiger partial charge in [-0.1, -0.05) is 6.07 Å². The first-order valence-electron chi connectivity index (χ1n) is 8.59. The number of methoxy groups -OCH3 is 2. The molecular formula is C20H24N2O4. The first-order chi connectivity index (χ1) is 12.6. The molecule has 0 unspecified atom stereocenters. The summed E-state index contributed by atoms with van der Waals surface area (Å²) in [5.41, 5.74) is 3.41. The number of aryl methyl sites for hydroxylation is 1. The van der Waals surface area contributed by atoms with Crippen LogP contribution >= 0.6 is 0 Å². The van der Waals surface area contributed by atoms with Gasteiger partial charge in [0.05, 0.1) is 27.4 Å². The number of anilines is 2. The number of ether oxygens (including phenoxy) is 3. The summed E-state index contributed by atoms with van der Waals surface area (Å²) in [5, 5.41) is 3.00. The minimum atomic E-state index is -0.187. The van der Waals surface area contributed by atoms with Gasteiger partial charge in [0.15, 0.2) is 11.5 Å². The van der Waals surface area contributed by atoms with E-state index in [9.17, 15) is 4.79 Å². The molecule has 0 radical (unpaired) electrons. The zero-order valence-corrected chi connectivity index (χ0v) is 15.4. The maximum absolute atomic E-state index is 12.7. The van der Waals surface area contributed by atoms with E-state index >= 15 is 0 Å². The minimum absolute atomic E-state index is 0.187. The normalized spacial score (nSPS) is 14.0. The number of morpholine rings is 1. The fourth-order valence-corrected chi connectivity index (χ4v) is 2.93. The summed E-state index contributed by atoms with van der Waals surface area (Å²) in [6, 6.07) is 11.2. The van der Waals surface area contributed by atoms with Crippen molar-refractivity contribution in [1.82, 2.24) is 0 Å². The van der Waals surface area contributed by atoms with Crippen LogP contribution in [0.5, 0.6) is 11.5 Å². The van der Waals surface area contributed by atoms with E-state index in [2.05, 4.69) is 16.3 Å². The molecule has 0 spiro atoms. The second kappa shape index (κ2) is 8.10. The second-order valence-corrected chi connectivity index (χ2v) is 6.12. The Bertz CT molecular complexity index is 785. The summed E-state index contributed by atoms with van der Waals surface area (Å²) in [6.45, 7) is 5.13. The third-order valence-electron chi connectivity index (χ3n) is 4.49. The predicted octanol–water partition coefficient (Wildman–Crippen LogP) is 3.10. The number of carbonyl (C=O) groups is 1. The number of amides is 1. The van der Waals surface area contributed by atoms with E-state index in [1.54, 1.807) is 32.4 Å². The Morgan fingerprint density at radius 1 is 1.04 bits per heavy atom. The highest BCUT2D eigenvalue weighted by atomic mass is 16.5. The van der Waals surface area contributed by atoms with Crippen molar-refractivity contribution in [3.8, 4) is 11.5 Å². The summed E-state index contributed by atoms with van der Waals surface area (Å²) < 4.78 is 15.9. The number of carbonyl (C=O) groups excluding carboxylic acids is 1. The van der Waals surface area contributed by atoms with Crippen molar-refractivity contribution in [2.45, 2.75) is 6.92 Å². The van der Waals surface area contributed by atoms with Gasteiger partial charge in [0.1, 0.15) is 0 Å². The average Bonchev–Trinajstić information content (AvgIpc) is 2.69. The van der Waals surface area contributed by atoms with Gasteiger partial charge in [-0.3, -0.25) is 4.79 Å². The number of benzene rings is 2. The van der Waals surface area contributed by atoms with E-state index in [0.29, 0.717) is 17.1 Å². The Kier molecular flexibility index (Phi) is 5.63. The van der Waals surface area contributed by atoms with Crippen LogP contribution in [-0.2, 0) is 4.74 Å². The van der Waals surface area contributed by atoms with Crippen molar-refractivity contribution < 1.29 is 19.0 Å². The molecule has 2 aromatic carbocycles. The molecule has 6 nitrogen and oxygen atoms in total. The summed E-state index contributed by atoms with van der Waals surface area (Å²) in [7, 11) is 3.12. The molecule has 0 saturated carbocycles. The highest BCUT2D eigenvalue weighted by Gasteiger charge is 2.15. The van der Waals surface area contributed by atoms with Crippen LogP contribution in [0.1, 0.15) is 15.9 Å². The van der Waals surface area contributed by atoms with Crippen LogP contribution < -0.4 is 19.7 Å². The molecule has 26 heavy (non-hydrogen) atoms. The van der Waals surface area contributed by atoms with E-state index in [1.165, 1.54) is 0 Å². The van der Waals surface area contributed by atoms with Crippen LogP contribution in [0.2, 0.25) is 0 Å². The largest absolute Gasteiger partial charge is 0.493 e. The van der Waals surface area contributed by atoms with Gasteiger partial charge in [0, 0.05) is 30.0 Å². The SMILES string of the molecule is COc1ccc(C(=O)Nc2cc(N3CCOCC3)ccc2C)cc1OC. The minimum Gasteiger partial charge on any atom is -0.493 e. The van der Waals surface area contributed by atoms with Crippen molar-refractivity contribution in [1.29, 1.82) is 0 Å². The fourth-order valence-electron chi connectivity index (χ4n) is 2.93. The second-order valence-electron chi connectivity index (χ2n) is 6.12. The molecule has 0 bridgehead atoms. The van der Waals surface area contributed by atoms with Crippen molar-refractivity contribution in [2.24, 2.45) is 0 Å². The highest BCUT2D eigenvalue weighted by Crippen LogP contribution is 2.29. The number of rotatable bonds is 5. The molecule has 1 amide bonds. The van der Waals surface area contributed by atoms with Crippen molar-refractivity contribution in [3.63, 3.8) is 0 Å². The smallest absolute Gasteiger partial charge is 0.255 e. The van der Waals surface area contributed by atoms with Crippen molar-refractivity contribution in [3.05, 3.63) is 47.5 Å². The monoisotopic (exact) mass is 356 g/mol. The van der Waals surface area contributed by atoms with Gasteiger partial charge in [-0.25, -0.2) is 0 Å². The first-order valence-corrected chi connectivity index (χ1v) is 8.59. The summed E-state index contributed by atoms with van der Waals surface area (Å²) in [6.07, 6.45) is 0. The standard InChI is InChI=1S/C20H24N2O4/c1-14-4-6-16(22-8-10-26-11-9-22)13-17(14)21-20(23)15-5-7-18(24-2)19(12-15)25-3/h4-7,12-13H,8-11H2,1-3H3,(H,21,23). The maximum Gasteiger partial charge on any atom is 0.255 e. The van der Waals surface area contributed by atoms with Gasteiger partial charge < -0.3 is 24.4 Å². The molecule has 1 fully saturated rings. The molecule has 138 valence electrons. The Morgan fingerprint density at radius 3 is 2.46 bits per heavy atom. The number of nitrogens with zero attached hydrogens (tertiary/aromatic N) is 1. The lowest BCUT2D eigenvalue weighted by atomic mass is 10.1. The zero-order chi connectivity index (χ0) is 18.5. The average molecular weight is 356 g/mol. The molecular weight excluding hydrogens is 332 g/mol. The van der Waals surface area contributed by atoms with Crippen molar-refractivity contribution in [2.75, 3.05) is 50.7 Å². The molecule has 3 rings (SSSR count). The predicted molar refractivity (Wildman–Crippen MR) is 102 cm³/mol. The fraction of sp³-hybridized carbons (Fsp3) is 0.350. The molecule has 1 aliphatic rings. The van der Waals surface area contributed by atoms with E-state index in [-0.39, 0.29) is 5.91 Å². The Balaban J connectivity index is 1.80. The molecule has 0 aromatic heterocycles. The van der Waals surface area contributed by atoms with Gasteiger partial charge in [-0.05, 0) is 42.8 Å². The van der Waals surface area contributed by atoms with Crippen LogP contribution in [0.4, 0.5) is 11.4 Å². The first kappa shape index (κ1) is 18.1. The summed E-state index contributed by atoms with van der Waals surface area (Å²) in [5.74, 6) is 0.932. The van der Waals surface area contributed by atoms with Crippen LogP contribution in [0, 0.1) is 6.92 Å². The van der Waals surface area contributed by atoms with Gasteiger partial charge in [-0.15, -0.1) is 0 Å². The summed E-state index contributed by atoms with van der Waals surface area (Å²) >= 11 is 0. The topological polar surface area (TPSA) is 60.0 Å². The highest BCUT2D eigenvalue weighted by molar-refractivity contribution is 6.05. The molecule has 1 heterocycles. The lowest BCUT2D eigenvalue weighted by Crippen LogP contribution is -2.36. The number of hydrogen-bond donors (Lipinski definition) is 1. The maximum atomic E-state index is 12.7. The van der Waals surface area contributed by atoms with Crippen LogP contribution in [0.3, 0.4) is 0 Å². The van der Waals surface area contributed by atoms with E-state index < -0.39 is 0 Å². The number of hydrogen-bond acceptors (Lipinski definition) is 5. The summed E-state index contributed by atoms with van der Waals surface area (Å²) in [4.78, 5) is 14.9. The quantitative estimate of drug-likeness (QED) is 0.892. The third kappa shape index (κ3) is 3.91. The van der Waals surface area contributed by atoms with Gasteiger partial charge >= 0.3 is 0 Å². The molecule has 1 N–H and O–H groups in total. The zero-order valence-electron chi connectivity index (χ0n) is 15.4. The molecule has 1 aliphatic heterocycles. The van der Waals surface area contributed by atoms with E-state index in [0.717, 1.165) is 43.2 Å². The third-order valence-corrected chi connectivity index (χ3v) is 4.49. The van der Waals surface area contributed by atoms with Gasteiger partial charge in [0.2, 0.25) is 0 Å². The van der Waals surface area contributed by atoms with E-state index in [4.69, 9.17) is 14.2 Å². The van der Waals surface area contributed by atoms with E-state index in [1.807, 2.05) is 19.1 Å².